The van der Waals surface area contributed by atoms with Crippen LogP contribution in [-0.4, -0.2) is 74.7 Å². The van der Waals surface area contributed by atoms with E-state index in [9.17, 15) is 0 Å². The van der Waals surface area contributed by atoms with Crippen molar-refractivity contribution in [3.05, 3.63) is 275 Å². The van der Waals surface area contributed by atoms with E-state index in [1.165, 1.54) is 28.6 Å². The van der Waals surface area contributed by atoms with Crippen LogP contribution in [0.3, 0.4) is 0 Å². The van der Waals surface area contributed by atoms with E-state index in [0.29, 0.717) is 0 Å². The average molecular weight is 2120 g/mol. The number of imidazole rings is 2. The Labute approximate surface area is 545 Å². The minimum absolute atomic E-state index is 0. The Morgan fingerprint density at radius 2 is 1.05 bits per heavy atom. The molecule has 6 heterocycles. The summed E-state index contributed by atoms with van der Waals surface area (Å²) in [5, 5.41) is 26.2. The van der Waals surface area contributed by atoms with Crippen molar-refractivity contribution < 1.29 is 125 Å². The summed E-state index contributed by atoms with van der Waals surface area (Å²) in [7, 11) is 1.96. The van der Waals surface area contributed by atoms with E-state index in [0.717, 1.165) is 50.8 Å². The van der Waals surface area contributed by atoms with Crippen LogP contribution < -0.4 is 0 Å². The minimum atomic E-state index is 0. The largest absolute Gasteiger partial charge is 0.462 e. The third-order valence-corrected chi connectivity index (χ3v) is 9.77. The van der Waals surface area contributed by atoms with Crippen molar-refractivity contribution in [1.29, 1.82) is 0 Å². The molecule has 0 amide bonds. The third-order valence-electron chi connectivity index (χ3n) is 9.77. The molecule has 0 unspecified atom stereocenters. The second-order valence-corrected chi connectivity index (χ2v) is 14.8. The smallest absolute Gasteiger partial charge is 0.170 e. The maximum atomic E-state index is 4.84. The Hall–Kier alpha value is -6.58. The summed E-state index contributed by atoms with van der Waals surface area (Å²) < 4.78 is 9.99. The van der Waals surface area contributed by atoms with Gasteiger partial charge in [0, 0.05) is 151 Å². The zero-order valence-corrected chi connectivity index (χ0v) is 55.6. The van der Waals surface area contributed by atoms with Crippen molar-refractivity contribution in [3.63, 3.8) is 0 Å². The zero-order chi connectivity index (χ0) is 50.0. The molecule has 16 nitrogen and oxygen atoms in total. The average Bonchev–Trinajstić information content (AvgIpc) is 4.34. The molecule has 6 aromatic heterocycles. The summed E-state index contributed by atoms with van der Waals surface area (Å²) in [6.45, 7) is 0. The first-order valence-corrected chi connectivity index (χ1v) is 22.4. The maximum Gasteiger partial charge on any atom is 0.170 e. The van der Waals surface area contributed by atoms with Gasteiger partial charge in [0.05, 0.1) is 37.5 Å². The fourth-order valence-electron chi connectivity index (χ4n) is 6.34. The number of aromatic nitrogens is 15. The first-order valence-electron chi connectivity index (χ1n) is 22.4. The first kappa shape index (κ1) is 71.4. The molecule has 0 aliphatic heterocycles. The van der Waals surface area contributed by atoms with Gasteiger partial charge in [-0.2, -0.15) is 87.8 Å². The van der Waals surface area contributed by atoms with Crippen LogP contribution in [0.5, 0.6) is 0 Å². The quantitative estimate of drug-likeness (QED) is 0.150. The van der Waals surface area contributed by atoms with Crippen molar-refractivity contribution in [2.45, 2.75) is 7.43 Å². The molecule has 1 N–H and O–H groups in total. The van der Waals surface area contributed by atoms with Crippen LogP contribution in [0.2, 0.25) is 0 Å². The fourth-order valence-corrected chi connectivity index (χ4v) is 6.34. The minimum Gasteiger partial charge on any atom is -0.462 e. The van der Waals surface area contributed by atoms with Gasteiger partial charge in [0.2, 0.25) is 0 Å². The van der Waals surface area contributed by atoms with Gasteiger partial charge in [-0.15, -0.1) is 136 Å². The number of hydrogen-bond acceptors (Lipinski definition) is 11. The second kappa shape index (κ2) is 40.6. The van der Waals surface area contributed by atoms with E-state index < -0.39 is 0 Å². The molecule has 6 radical (unpaired) electrons. The molecule has 0 fully saturated rings. The molecule has 0 saturated heterocycles. The number of hydrogen-bond donors (Lipinski definition) is 1. The molecule has 420 valence electrons. The number of oxazole rings is 1. The number of tetrazole rings is 1. The van der Waals surface area contributed by atoms with Crippen LogP contribution >= 0.6 is 0 Å². The molecule has 7 aromatic carbocycles. The van der Waals surface area contributed by atoms with Crippen molar-refractivity contribution in [1.82, 2.24) is 74.7 Å². The number of rotatable bonds is 7. The molecule has 13 aromatic rings. The summed E-state index contributed by atoms with van der Waals surface area (Å²) >= 11 is 0. The zero-order valence-electron chi connectivity index (χ0n) is 41.2. The molecular weight excluding hydrogens is 2080 g/mol. The van der Waals surface area contributed by atoms with Crippen molar-refractivity contribution in [3.8, 4) is 62.0 Å². The van der Waals surface area contributed by atoms with Crippen molar-refractivity contribution >= 4 is 0 Å². The molecule has 0 aliphatic carbocycles. The number of benzene rings is 7. The number of para-hydroxylation sites is 3. The Bertz CT molecular complexity index is 3170. The molecule has 22 heteroatoms. The second-order valence-electron chi connectivity index (χ2n) is 14.8. The van der Waals surface area contributed by atoms with Crippen LogP contribution in [0.25, 0.3) is 62.0 Å². The normalized spacial score (nSPS) is 9.11. The van der Waals surface area contributed by atoms with Crippen LogP contribution in [0.15, 0.2) is 243 Å². The van der Waals surface area contributed by atoms with E-state index in [2.05, 4.69) is 117 Å². The topological polar surface area (TPSA) is 178 Å². The van der Waals surface area contributed by atoms with Crippen LogP contribution in [0, 0.1) is 36.4 Å². The van der Waals surface area contributed by atoms with Gasteiger partial charge in [-0.05, 0) is 45.4 Å². The molecule has 0 atom stereocenters. The predicted molar refractivity (Wildman–Crippen MR) is 282 cm³/mol. The van der Waals surface area contributed by atoms with E-state index in [-0.39, 0.29) is 128 Å². The number of nitrogens with one attached hydrogen (secondary N) is 1. The van der Waals surface area contributed by atoms with E-state index in [1.54, 1.807) is 53.1 Å². The van der Waals surface area contributed by atoms with Gasteiger partial charge < -0.3 is 14.0 Å². The number of H-pyrrole nitrogens is 1. The fraction of sp³-hybridized carbons (Fsp3) is 0.0345. The van der Waals surface area contributed by atoms with Gasteiger partial charge in [0.1, 0.15) is 6.33 Å². The first-order chi connectivity index (χ1) is 36.2. The molecule has 0 bridgehead atoms. The van der Waals surface area contributed by atoms with Crippen molar-refractivity contribution in [2.24, 2.45) is 7.05 Å². The Balaban J connectivity index is 0.000000475. The third kappa shape index (κ3) is 23.2. The molecular formula is C58H47Ir6N15O-6. The Kier molecular flexibility index (Phi) is 36.2. The Morgan fingerprint density at radius 3 is 1.54 bits per heavy atom. The number of nitrogens with zero attached hydrogens (tertiary/aromatic N) is 14. The summed E-state index contributed by atoms with van der Waals surface area (Å²) in [6.07, 6.45) is 18.6. The predicted octanol–water partition coefficient (Wildman–Crippen LogP) is 10.8. The standard InChI is InChI=1S/C15H11N2.C10H9N2.C9H6NO.2C8H6N3.C7H5N4.CH4.6Ir/c1-2-5-12(6-3-1)13-7-4-8-14(9-13)15-10-16-11-17-15;1-12-7-10(11-8-12)9-5-3-2-4-6-9;1-2-4-8(5-3-1)9-6-11-7-10-9;1-2-4-8(5-3-1)11-7-6-9-10-11;1-2-4-8(5-3-1)11-9-6-7-10-11;1-2-4-7(5-3-1)11-6-8-9-10-11;;;;;;;/h1-7,9-11H,(H,16,17);2-5,7-8H,1H3;3*1-4,6-7H;1-4,6H;1H4;;;;;;/q6*-1;;;;;;;. The molecule has 0 aliphatic rings. The molecule has 0 saturated carbocycles. The number of aryl methyl sites for hydroxylation is 1. The Morgan fingerprint density at radius 1 is 0.475 bits per heavy atom. The van der Waals surface area contributed by atoms with E-state index >= 15 is 0 Å². The SMILES string of the molecule is C.Cn1cnc(-c2[c-]cccc2)c1.[Ir].[Ir].[Ir].[Ir].[Ir].[Ir].[c-]1ccc(-c2ccccc2)cc1-c1c[nH]cn1.[c-]1ccccc1-c1cocn1.[c-]1ccccc1-n1ccnn1.[c-]1ccccc1-n1cnnn1.[c-]1ccccc1-n1nccn1. The van der Waals surface area contributed by atoms with Gasteiger partial charge in [0.25, 0.3) is 0 Å². The summed E-state index contributed by atoms with van der Waals surface area (Å²) in [4.78, 5) is 16.9. The van der Waals surface area contributed by atoms with Gasteiger partial charge in [-0.1, -0.05) is 43.0 Å². The monoisotopic (exact) mass is 2130 g/mol. The van der Waals surface area contributed by atoms with Gasteiger partial charge in [0.15, 0.2) is 6.39 Å². The molecule has 13 rings (SSSR count). The van der Waals surface area contributed by atoms with E-state index in [4.69, 9.17) is 4.42 Å². The van der Waals surface area contributed by atoms with Gasteiger partial charge >= 0.3 is 0 Å². The summed E-state index contributed by atoms with van der Waals surface area (Å²) in [5.74, 6) is 0. The maximum absolute atomic E-state index is 4.84. The molecule has 80 heavy (non-hydrogen) atoms. The molecule has 0 spiro atoms. The van der Waals surface area contributed by atoms with Crippen LogP contribution in [0.1, 0.15) is 7.43 Å². The number of aromatic amines is 1. The summed E-state index contributed by atoms with van der Waals surface area (Å²) in [6, 6.07) is 73.0. The van der Waals surface area contributed by atoms with Crippen molar-refractivity contribution in [2.75, 3.05) is 0 Å². The van der Waals surface area contributed by atoms with Crippen LogP contribution in [-0.2, 0) is 128 Å². The van der Waals surface area contributed by atoms with Crippen LogP contribution in [0.4, 0.5) is 0 Å². The van der Waals surface area contributed by atoms with E-state index in [1.807, 2.05) is 170 Å². The summed E-state index contributed by atoms with van der Waals surface area (Å²) in [5.41, 5.74) is 10.7. The van der Waals surface area contributed by atoms with Gasteiger partial charge in [-0.25, -0.2) is 9.36 Å². The van der Waals surface area contributed by atoms with Gasteiger partial charge in [-0.3, -0.25) is 15.0 Å².